The largest absolute Gasteiger partial charge is 0.360 e. The summed E-state index contributed by atoms with van der Waals surface area (Å²) in [6, 6.07) is 0.750. The Balaban J connectivity index is 1.88. The number of carbonyl (C=O) groups is 3. The molecular formula is C11H12N6O6S. The molecule has 3 N–H and O–H groups in total. The summed E-state index contributed by atoms with van der Waals surface area (Å²) >= 11 is 0. The maximum Gasteiger partial charge on any atom is 0.339 e. The maximum absolute atomic E-state index is 11.8. The fourth-order valence-electron chi connectivity index (χ4n) is 1.78. The predicted molar refractivity (Wildman–Crippen MR) is 76.2 cm³/mol. The van der Waals surface area contributed by atoms with Crippen molar-refractivity contribution in [2.24, 2.45) is 0 Å². The number of hydrogen-bond donors (Lipinski definition) is 3. The zero-order valence-corrected chi connectivity index (χ0v) is 13.1. The van der Waals surface area contributed by atoms with E-state index in [2.05, 4.69) is 15.0 Å². The molecule has 0 spiro atoms. The average molecular weight is 356 g/mol. The van der Waals surface area contributed by atoms with Gasteiger partial charge in [0.2, 0.25) is 5.91 Å². The number of nitriles is 1. The van der Waals surface area contributed by atoms with Gasteiger partial charge < -0.3 is 9.84 Å². The Morgan fingerprint density at radius 3 is 2.79 bits per heavy atom. The molecule has 1 saturated heterocycles. The summed E-state index contributed by atoms with van der Waals surface area (Å²) in [6.07, 6.45) is -0.425. The molecule has 13 heteroatoms. The Bertz CT molecular complexity index is 824. The zero-order chi connectivity index (χ0) is 17.9. The van der Waals surface area contributed by atoms with Crippen LogP contribution in [-0.4, -0.2) is 48.9 Å². The molecule has 0 aliphatic carbocycles. The molecule has 1 aromatic rings. The normalized spacial score (nSPS) is 16.8. The van der Waals surface area contributed by atoms with Gasteiger partial charge in [-0.3, -0.25) is 14.5 Å². The summed E-state index contributed by atoms with van der Waals surface area (Å²) in [7, 11) is -4.31. The lowest BCUT2D eigenvalue weighted by molar-refractivity contribution is -0.142. The van der Waals surface area contributed by atoms with Gasteiger partial charge >= 0.3 is 16.2 Å². The number of likely N-dealkylation sites (tertiary alicyclic amines) is 1. The molecule has 0 radical (unpaired) electrons. The monoisotopic (exact) mass is 356 g/mol. The number of aromatic nitrogens is 1. The van der Waals surface area contributed by atoms with E-state index in [9.17, 15) is 22.8 Å². The van der Waals surface area contributed by atoms with E-state index in [4.69, 9.17) is 5.26 Å². The summed E-state index contributed by atoms with van der Waals surface area (Å²) in [5, 5.41) is 14.0. The fourth-order valence-corrected chi connectivity index (χ4v) is 2.54. The number of amides is 4. The summed E-state index contributed by atoms with van der Waals surface area (Å²) < 4.78 is 31.7. The van der Waals surface area contributed by atoms with Crippen LogP contribution in [0.15, 0.2) is 10.6 Å². The molecule has 4 amide bonds. The van der Waals surface area contributed by atoms with Crippen LogP contribution in [0.4, 0.5) is 10.6 Å². The molecule has 1 fully saturated rings. The van der Waals surface area contributed by atoms with Crippen LogP contribution in [0.25, 0.3) is 0 Å². The molecule has 0 bridgehead atoms. The van der Waals surface area contributed by atoms with Gasteiger partial charge in [-0.2, -0.15) is 13.7 Å². The van der Waals surface area contributed by atoms with E-state index in [1.165, 1.54) is 6.07 Å². The van der Waals surface area contributed by atoms with E-state index in [1.54, 1.807) is 17.7 Å². The van der Waals surface area contributed by atoms with E-state index >= 15 is 0 Å². The molecule has 24 heavy (non-hydrogen) atoms. The Morgan fingerprint density at radius 1 is 1.54 bits per heavy atom. The van der Waals surface area contributed by atoms with Crippen LogP contribution in [0.1, 0.15) is 12.2 Å². The van der Waals surface area contributed by atoms with Crippen LogP contribution in [0.3, 0.4) is 0 Å². The first-order chi connectivity index (χ1) is 11.2. The lowest BCUT2D eigenvalue weighted by atomic mass is 10.1. The zero-order valence-electron chi connectivity index (χ0n) is 12.3. The van der Waals surface area contributed by atoms with E-state index in [0.717, 1.165) is 0 Å². The molecule has 1 aliphatic heterocycles. The number of anilines is 1. The third-order valence-electron chi connectivity index (χ3n) is 2.84. The van der Waals surface area contributed by atoms with Gasteiger partial charge in [0.05, 0.1) is 12.6 Å². The molecule has 128 valence electrons. The number of hydrogen-bond acceptors (Lipinski definition) is 8. The number of carbonyl (C=O) groups excluding carboxylic acids is 3. The third kappa shape index (κ3) is 3.98. The molecule has 12 nitrogen and oxygen atoms in total. The van der Waals surface area contributed by atoms with Crippen LogP contribution in [0, 0.1) is 18.3 Å². The standard InChI is InChI=1S/C11H12N6O6S/c1-6-4-8(14-23-6)15-24(21,22)16-11(20)17-5-7(10(17)19)13-9(18)2-3-12/h4,7H,2,5H2,1H3,(H,13,18)(H,14,15)(H,16,20). The minimum absolute atomic E-state index is 0.135. The predicted octanol–water partition coefficient (Wildman–Crippen LogP) is -1.41. The van der Waals surface area contributed by atoms with Crippen molar-refractivity contribution in [2.75, 3.05) is 11.3 Å². The lowest BCUT2D eigenvalue weighted by Crippen LogP contribution is -2.67. The summed E-state index contributed by atoms with van der Waals surface area (Å²) in [5.41, 5.74) is 0. The fraction of sp³-hybridized carbons (Fsp3) is 0.364. The molecular weight excluding hydrogens is 344 g/mol. The molecule has 1 aromatic heterocycles. The van der Waals surface area contributed by atoms with Crippen LogP contribution in [-0.2, 0) is 19.8 Å². The van der Waals surface area contributed by atoms with Gasteiger partial charge in [-0.25, -0.2) is 14.2 Å². The first-order valence-corrected chi connectivity index (χ1v) is 7.95. The van der Waals surface area contributed by atoms with Crippen molar-refractivity contribution in [3.8, 4) is 6.07 Å². The highest BCUT2D eigenvalue weighted by Gasteiger charge is 2.42. The molecule has 0 saturated carbocycles. The second kappa shape index (κ2) is 6.54. The van der Waals surface area contributed by atoms with E-state index in [0.29, 0.717) is 10.7 Å². The second-order valence-electron chi connectivity index (χ2n) is 4.74. The van der Waals surface area contributed by atoms with Crippen molar-refractivity contribution in [2.45, 2.75) is 19.4 Å². The highest BCUT2D eigenvalue weighted by molar-refractivity contribution is 7.91. The van der Waals surface area contributed by atoms with Gasteiger partial charge in [-0.15, -0.1) is 0 Å². The average Bonchev–Trinajstić information content (AvgIpc) is 2.86. The van der Waals surface area contributed by atoms with Crippen molar-refractivity contribution in [3.63, 3.8) is 0 Å². The van der Waals surface area contributed by atoms with Gasteiger partial charge in [0.25, 0.3) is 5.91 Å². The van der Waals surface area contributed by atoms with E-state index in [-0.39, 0.29) is 12.4 Å². The molecule has 0 aromatic carbocycles. The van der Waals surface area contributed by atoms with E-state index in [1.807, 2.05) is 4.72 Å². The number of aryl methyl sites for hydroxylation is 1. The summed E-state index contributed by atoms with van der Waals surface area (Å²) in [6.45, 7) is 1.34. The Morgan fingerprint density at radius 2 is 2.25 bits per heavy atom. The topological polar surface area (TPSA) is 174 Å². The summed E-state index contributed by atoms with van der Waals surface area (Å²) in [4.78, 5) is 35.3. The quantitative estimate of drug-likeness (QED) is 0.539. The van der Waals surface area contributed by atoms with Crippen LogP contribution < -0.4 is 14.8 Å². The second-order valence-corrected chi connectivity index (χ2v) is 6.15. The molecule has 1 atom stereocenters. The molecule has 1 unspecified atom stereocenters. The van der Waals surface area contributed by atoms with Crippen molar-refractivity contribution >= 4 is 33.9 Å². The maximum atomic E-state index is 11.8. The number of urea groups is 1. The minimum atomic E-state index is -4.31. The smallest absolute Gasteiger partial charge is 0.339 e. The highest BCUT2D eigenvalue weighted by atomic mass is 32.2. The van der Waals surface area contributed by atoms with Gasteiger partial charge in [0, 0.05) is 6.07 Å². The van der Waals surface area contributed by atoms with Gasteiger partial charge in [0.1, 0.15) is 18.2 Å². The highest BCUT2D eigenvalue weighted by Crippen LogP contribution is 2.12. The first-order valence-electron chi connectivity index (χ1n) is 6.47. The SMILES string of the molecule is Cc1cc(NS(=O)(=O)NC(=O)N2CC(NC(=O)CC#N)C2=O)no1. The minimum Gasteiger partial charge on any atom is -0.360 e. The van der Waals surface area contributed by atoms with Crippen molar-refractivity contribution in [3.05, 3.63) is 11.8 Å². The van der Waals surface area contributed by atoms with Crippen LogP contribution in [0.2, 0.25) is 0 Å². The van der Waals surface area contributed by atoms with Gasteiger partial charge in [-0.05, 0) is 6.92 Å². The number of nitrogens with one attached hydrogen (secondary N) is 3. The Hall–Kier alpha value is -3.14. The lowest BCUT2D eigenvalue weighted by Gasteiger charge is -2.36. The van der Waals surface area contributed by atoms with Crippen molar-refractivity contribution < 1.29 is 27.3 Å². The van der Waals surface area contributed by atoms with Crippen LogP contribution in [0.5, 0.6) is 0 Å². The van der Waals surface area contributed by atoms with Crippen LogP contribution >= 0.6 is 0 Å². The number of rotatable bonds is 5. The Kier molecular flexibility index (Phi) is 4.69. The number of imide groups is 1. The summed E-state index contributed by atoms with van der Waals surface area (Å²) in [5.74, 6) is -1.23. The molecule has 1 aliphatic rings. The molecule has 2 rings (SSSR count). The number of β-lactam (4-membered cyclic amide) rings is 1. The van der Waals surface area contributed by atoms with Gasteiger partial charge in [-0.1, -0.05) is 5.16 Å². The van der Waals surface area contributed by atoms with E-state index < -0.39 is 40.5 Å². The Labute approximate surface area is 135 Å². The third-order valence-corrected chi connectivity index (χ3v) is 3.76. The van der Waals surface area contributed by atoms with Crippen molar-refractivity contribution in [1.29, 1.82) is 5.26 Å². The van der Waals surface area contributed by atoms with Crippen molar-refractivity contribution in [1.82, 2.24) is 20.1 Å². The van der Waals surface area contributed by atoms with Gasteiger partial charge in [0.15, 0.2) is 5.82 Å². The molecule has 2 heterocycles. The number of nitrogens with zero attached hydrogens (tertiary/aromatic N) is 3. The first kappa shape index (κ1) is 17.2.